The second-order valence-corrected chi connectivity index (χ2v) is 6.04. The van der Waals surface area contributed by atoms with Crippen LogP contribution >= 0.6 is 0 Å². The molecule has 22 heavy (non-hydrogen) atoms. The molecule has 1 fully saturated rings. The number of nitrogens with zero attached hydrogens (tertiary/aromatic N) is 1. The highest BCUT2D eigenvalue weighted by molar-refractivity contribution is 5.80. The number of hydrogen-bond donors (Lipinski definition) is 1. The Morgan fingerprint density at radius 1 is 1.41 bits per heavy atom. The molecule has 1 aliphatic rings. The Balaban J connectivity index is 2.04. The maximum Gasteiger partial charge on any atom is 0.306 e. The van der Waals surface area contributed by atoms with Crippen molar-refractivity contribution < 1.29 is 19.4 Å². The molecule has 0 radical (unpaired) electrons. The standard InChI is InChI=1S/C17H23NO4/c1-11-4-5-15(22-3)13(8-11)9-16(19)18-7-6-14(17(20)21)12(2)10-18/h4-5,8,12,14H,6-7,9-10H2,1-3H3,(H,20,21). The normalized spacial score (nSPS) is 21.5. The SMILES string of the molecule is COc1ccc(C)cc1CC(=O)N1CCC(C(=O)O)C(C)C1. The van der Waals surface area contributed by atoms with Crippen molar-refractivity contribution >= 4 is 11.9 Å². The van der Waals surface area contributed by atoms with E-state index in [2.05, 4.69) is 0 Å². The van der Waals surface area contributed by atoms with Gasteiger partial charge in [-0.3, -0.25) is 9.59 Å². The molecule has 0 aliphatic carbocycles. The average Bonchev–Trinajstić information content (AvgIpc) is 2.47. The van der Waals surface area contributed by atoms with E-state index in [9.17, 15) is 9.59 Å². The van der Waals surface area contributed by atoms with Crippen LogP contribution in [0.15, 0.2) is 18.2 Å². The van der Waals surface area contributed by atoms with Gasteiger partial charge < -0.3 is 14.7 Å². The summed E-state index contributed by atoms with van der Waals surface area (Å²) in [5.74, 6) is -0.390. The third-order valence-electron chi connectivity index (χ3n) is 4.35. The molecule has 1 saturated heterocycles. The molecule has 2 rings (SSSR count). The number of likely N-dealkylation sites (tertiary alicyclic amines) is 1. The van der Waals surface area contributed by atoms with Gasteiger partial charge in [-0.1, -0.05) is 24.6 Å². The van der Waals surface area contributed by atoms with Crippen molar-refractivity contribution in [2.75, 3.05) is 20.2 Å². The molecule has 5 nitrogen and oxygen atoms in total. The molecule has 1 N–H and O–H groups in total. The van der Waals surface area contributed by atoms with Gasteiger partial charge in [0.15, 0.2) is 0 Å². The molecule has 2 unspecified atom stereocenters. The smallest absolute Gasteiger partial charge is 0.306 e. The van der Waals surface area contributed by atoms with Gasteiger partial charge in [-0.15, -0.1) is 0 Å². The second kappa shape index (κ2) is 6.81. The summed E-state index contributed by atoms with van der Waals surface area (Å²) in [5.41, 5.74) is 1.96. The number of carbonyl (C=O) groups is 2. The highest BCUT2D eigenvalue weighted by atomic mass is 16.5. The first-order valence-corrected chi connectivity index (χ1v) is 7.56. The van der Waals surface area contributed by atoms with Crippen LogP contribution in [0.1, 0.15) is 24.5 Å². The molecule has 1 heterocycles. The van der Waals surface area contributed by atoms with Gasteiger partial charge in [0.2, 0.25) is 5.91 Å². The Morgan fingerprint density at radius 2 is 2.14 bits per heavy atom. The van der Waals surface area contributed by atoms with Crippen LogP contribution < -0.4 is 4.74 Å². The Bertz CT molecular complexity index is 570. The van der Waals surface area contributed by atoms with Crippen LogP contribution in [-0.4, -0.2) is 42.1 Å². The lowest BCUT2D eigenvalue weighted by Gasteiger charge is -2.35. The minimum atomic E-state index is -0.764. The van der Waals surface area contributed by atoms with Gasteiger partial charge in [-0.2, -0.15) is 0 Å². The van der Waals surface area contributed by atoms with E-state index in [0.717, 1.165) is 11.1 Å². The zero-order chi connectivity index (χ0) is 16.3. The van der Waals surface area contributed by atoms with E-state index in [1.165, 1.54) is 0 Å². The molecular formula is C17H23NO4. The number of carboxylic acid groups (broad SMARTS) is 1. The summed E-state index contributed by atoms with van der Waals surface area (Å²) in [5, 5.41) is 9.15. The van der Waals surface area contributed by atoms with Crippen LogP contribution in [0.3, 0.4) is 0 Å². The number of aryl methyl sites for hydroxylation is 1. The predicted molar refractivity (Wildman–Crippen MR) is 82.9 cm³/mol. The summed E-state index contributed by atoms with van der Waals surface area (Å²) in [6.45, 7) is 4.89. The van der Waals surface area contributed by atoms with E-state index < -0.39 is 5.97 Å². The number of aliphatic carboxylic acids is 1. The molecule has 0 saturated carbocycles. The number of ether oxygens (including phenoxy) is 1. The number of carboxylic acids is 1. The maximum atomic E-state index is 12.5. The highest BCUT2D eigenvalue weighted by Gasteiger charge is 2.33. The Hall–Kier alpha value is -2.04. The van der Waals surface area contributed by atoms with E-state index >= 15 is 0 Å². The Labute approximate surface area is 130 Å². The minimum Gasteiger partial charge on any atom is -0.496 e. The largest absolute Gasteiger partial charge is 0.496 e. The Morgan fingerprint density at radius 3 is 2.73 bits per heavy atom. The molecular weight excluding hydrogens is 282 g/mol. The molecule has 5 heteroatoms. The molecule has 1 amide bonds. The van der Waals surface area contributed by atoms with Gasteiger partial charge in [0.1, 0.15) is 5.75 Å². The molecule has 1 aromatic rings. The van der Waals surface area contributed by atoms with Gasteiger partial charge >= 0.3 is 5.97 Å². The van der Waals surface area contributed by atoms with Gasteiger partial charge in [0, 0.05) is 18.7 Å². The number of methoxy groups -OCH3 is 1. The number of carbonyl (C=O) groups excluding carboxylic acids is 1. The fourth-order valence-corrected chi connectivity index (χ4v) is 3.06. The van der Waals surface area contributed by atoms with Gasteiger partial charge in [0.25, 0.3) is 0 Å². The van der Waals surface area contributed by atoms with Gasteiger partial charge in [0.05, 0.1) is 19.4 Å². The van der Waals surface area contributed by atoms with Gasteiger partial charge in [-0.05, 0) is 25.3 Å². The van der Waals surface area contributed by atoms with Crippen molar-refractivity contribution in [1.82, 2.24) is 4.90 Å². The molecule has 0 aromatic heterocycles. The van der Waals surface area contributed by atoms with Crippen molar-refractivity contribution in [2.24, 2.45) is 11.8 Å². The maximum absolute atomic E-state index is 12.5. The number of hydrogen-bond acceptors (Lipinski definition) is 3. The van der Waals surface area contributed by atoms with Crippen LogP contribution in [0.25, 0.3) is 0 Å². The molecule has 0 spiro atoms. The van der Waals surface area contributed by atoms with E-state index in [0.29, 0.717) is 25.3 Å². The number of piperidine rings is 1. The predicted octanol–water partition coefficient (Wildman–Crippen LogP) is 2.12. The zero-order valence-corrected chi connectivity index (χ0v) is 13.3. The summed E-state index contributed by atoms with van der Waals surface area (Å²) >= 11 is 0. The molecule has 1 aliphatic heterocycles. The summed E-state index contributed by atoms with van der Waals surface area (Å²) in [6, 6.07) is 5.79. The quantitative estimate of drug-likeness (QED) is 0.925. The van der Waals surface area contributed by atoms with Crippen LogP contribution in [0.2, 0.25) is 0 Å². The van der Waals surface area contributed by atoms with Gasteiger partial charge in [-0.25, -0.2) is 0 Å². The molecule has 0 bridgehead atoms. The van der Waals surface area contributed by atoms with Crippen molar-refractivity contribution in [3.8, 4) is 5.75 Å². The Kier molecular flexibility index (Phi) is 5.06. The summed E-state index contributed by atoms with van der Waals surface area (Å²) in [6.07, 6.45) is 0.808. The van der Waals surface area contributed by atoms with Crippen molar-refractivity contribution in [1.29, 1.82) is 0 Å². The van der Waals surface area contributed by atoms with Crippen LogP contribution in [0, 0.1) is 18.8 Å². The lowest BCUT2D eigenvalue weighted by atomic mass is 9.87. The van der Waals surface area contributed by atoms with E-state index in [4.69, 9.17) is 9.84 Å². The fraction of sp³-hybridized carbons (Fsp3) is 0.529. The minimum absolute atomic E-state index is 0.0189. The van der Waals surface area contributed by atoms with Crippen LogP contribution in [0.5, 0.6) is 5.75 Å². The number of benzene rings is 1. The molecule has 2 atom stereocenters. The third kappa shape index (κ3) is 3.59. The van der Waals surface area contributed by atoms with E-state index in [1.54, 1.807) is 12.0 Å². The molecule has 120 valence electrons. The second-order valence-electron chi connectivity index (χ2n) is 6.04. The van der Waals surface area contributed by atoms with Crippen molar-refractivity contribution in [3.63, 3.8) is 0 Å². The lowest BCUT2D eigenvalue weighted by Crippen LogP contribution is -2.45. The number of amides is 1. The van der Waals surface area contributed by atoms with Crippen LogP contribution in [-0.2, 0) is 16.0 Å². The summed E-state index contributed by atoms with van der Waals surface area (Å²) in [7, 11) is 1.60. The third-order valence-corrected chi connectivity index (χ3v) is 4.35. The summed E-state index contributed by atoms with van der Waals surface area (Å²) < 4.78 is 5.31. The number of rotatable bonds is 4. The van der Waals surface area contributed by atoms with E-state index in [1.807, 2.05) is 32.0 Å². The van der Waals surface area contributed by atoms with E-state index in [-0.39, 0.29) is 24.2 Å². The summed E-state index contributed by atoms with van der Waals surface area (Å²) in [4.78, 5) is 25.4. The van der Waals surface area contributed by atoms with Crippen LogP contribution in [0.4, 0.5) is 0 Å². The molecule has 1 aromatic carbocycles. The monoisotopic (exact) mass is 305 g/mol. The average molecular weight is 305 g/mol. The van der Waals surface area contributed by atoms with Crippen molar-refractivity contribution in [3.05, 3.63) is 29.3 Å². The van der Waals surface area contributed by atoms with Crippen molar-refractivity contribution in [2.45, 2.75) is 26.7 Å². The fourth-order valence-electron chi connectivity index (χ4n) is 3.06. The highest BCUT2D eigenvalue weighted by Crippen LogP contribution is 2.25. The zero-order valence-electron chi connectivity index (χ0n) is 13.3. The first-order chi connectivity index (χ1) is 10.4. The first-order valence-electron chi connectivity index (χ1n) is 7.56. The first kappa shape index (κ1) is 16.3. The topological polar surface area (TPSA) is 66.8 Å². The lowest BCUT2D eigenvalue weighted by molar-refractivity contribution is -0.148.